The van der Waals surface area contributed by atoms with Crippen LogP contribution in [0.5, 0.6) is 0 Å². The van der Waals surface area contributed by atoms with Gasteiger partial charge in [-0.25, -0.2) is 8.42 Å². The molecular formula is C17H19ClN2O3S2. The topological polar surface area (TPSA) is 57.7 Å². The van der Waals surface area contributed by atoms with Gasteiger partial charge in [-0.15, -0.1) is 11.3 Å². The van der Waals surface area contributed by atoms with E-state index in [2.05, 4.69) is 0 Å². The zero-order valence-corrected chi connectivity index (χ0v) is 16.2. The predicted octanol–water partition coefficient (Wildman–Crippen LogP) is 3.46. The molecular weight excluding hydrogens is 380 g/mol. The molecule has 1 fully saturated rings. The van der Waals surface area contributed by atoms with Gasteiger partial charge < -0.3 is 4.90 Å². The molecule has 0 unspecified atom stereocenters. The summed E-state index contributed by atoms with van der Waals surface area (Å²) in [7, 11) is -1.84. The highest BCUT2D eigenvalue weighted by molar-refractivity contribution is 7.89. The number of nitrogens with zero attached hydrogens (tertiary/aromatic N) is 2. The van der Waals surface area contributed by atoms with Crippen molar-refractivity contribution in [2.45, 2.75) is 24.3 Å². The smallest absolute Gasteiger partial charge is 0.253 e. The fourth-order valence-electron chi connectivity index (χ4n) is 2.83. The van der Waals surface area contributed by atoms with E-state index in [1.807, 2.05) is 6.07 Å². The van der Waals surface area contributed by atoms with Crippen LogP contribution in [0.3, 0.4) is 0 Å². The van der Waals surface area contributed by atoms with Crippen molar-refractivity contribution in [1.82, 2.24) is 9.21 Å². The summed E-state index contributed by atoms with van der Waals surface area (Å²) in [6.45, 7) is 1.51. The van der Waals surface area contributed by atoms with Gasteiger partial charge in [-0.3, -0.25) is 4.79 Å². The number of thiophene rings is 1. The second-order valence-electron chi connectivity index (χ2n) is 6.01. The molecule has 1 aliphatic rings. The van der Waals surface area contributed by atoms with E-state index in [1.165, 1.54) is 21.7 Å². The highest BCUT2D eigenvalue weighted by atomic mass is 35.5. The van der Waals surface area contributed by atoms with Crippen molar-refractivity contribution in [3.63, 3.8) is 0 Å². The van der Waals surface area contributed by atoms with E-state index < -0.39 is 10.0 Å². The molecule has 0 aliphatic carbocycles. The third kappa shape index (κ3) is 4.06. The average Bonchev–Trinajstić information content (AvgIpc) is 3.26. The molecule has 0 N–H and O–H groups in total. The molecule has 1 aliphatic heterocycles. The number of benzene rings is 1. The van der Waals surface area contributed by atoms with Gasteiger partial charge in [0.05, 0.1) is 15.8 Å². The first kappa shape index (κ1) is 18.4. The molecule has 3 rings (SSSR count). The Morgan fingerprint density at radius 2 is 1.96 bits per heavy atom. The molecule has 0 atom stereocenters. The molecule has 1 aromatic heterocycles. The van der Waals surface area contributed by atoms with E-state index in [4.69, 9.17) is 11.6 Å². The summed E-state index contributed by atoms with van der Waals surface area (Å²) in [5.41, 5.74) is 0.366. The molecule has 5 nitrogen and oxygen atoms in total. The normalized spacial score (nSPS) is 15.4. The number of hydrogen-bond acceptors (Lipinski definition) is 4. The molecule has 1 aromatic carbocycles. The summed E-state index contributed by atoms with van der Waals surface area (Å²) in [5.74, 6) is -0.219. The zero-order chi connectivity index (χ0) is 18.0. The van der Waals surface area contributed by atoms with Crippen LogP contribution in [0.4, 0.5) is 0 Å². The lowest BCUT2D eigenvalue weighted by atomic mass is 10.2. The zero-order valence-electron chi connectivity index (χ0n) is 13.8. The van der Waals surface area contributed by atoms with Gasteiger partial charge >= 0.3 is 0 Å². The van der Waals surface area contributed by atoms with Crippen molar-refractivity contribution in [3.8, 4) is 0 Å². The maximum atomic E-state index is 12.7. The molecule has 0 spiro atoms. The molecule has 0 saturated carbocycles. The molecule has 2 heterocycles. The maximum absolute atomic E-state index is 12.7. The Kier molecular flexibility index (Phi) is 5.48. The molecule has 0 bridgehead atoms. The Morgan fingerprint density at radius 3 is 2.60 bits per heavy atom. The third-order valence-electron chi connectivity index (χ3n) is 4.15. The lowest BCUT2D eigenvalue weighted by molar-refractivity contribution is 0.0786. The number of carbonyl (C=O) groups excluding carboxylic acids is 1. The number of rotatable bonds is 5. The summed E-state index contributed by atoms with van der Waals surface area (Å²) < 4.78 is 27.5. The van der Waals surface area contributed by atoms with Crippen LogP contribution in [0.2, 0.25) is 4.34 Å². The van der Waals surface area contributed by atoms with Crippen LogP contribution in [0, 0.1) is 0 Å². The highest BCUT2D eigenvalue weighted by Crippen LogP contribution is 2.24. The van der Waals surface area contributed by atoms with E-state index in [0.717, 1.165) is 17.7 Å². The summed E-state index contributed by atoms with van der Waals surface area (Å²) >= 11 is 7.34. The fraction of sp³-hybridized carbons (Fsp3) is 0.353. The SMILES string of the molecule is CN(Cc1ccc(Cl)s1)C(=O)c1cccc(S(=O)(=O)N2CCCC2)c1. The summed E-state index contributed by atoms with van der Waals surface area (Å²) in [6.07, 6.45) is 1.76. The molecule has 1 saturated heterocycles. The van der Waals surface area contributed by atoms with Gasteiger partial charge in [0.15, 0.2) is 0 Å². The van der Waals surface area contributed by atoms with Crippen LogP contribution < -0.4 is 0 Å². The van der Waals surface area contributed by atoms with Crippen molar-refractivity contribution in [2.24, 2.45) is 0 Å². The van der Waals surface area contributed by atoms with Gasteiger partial charge in [-0.2, -0.15) is 4.31 Å². The second kappa shape index (κ2) is 7.45. The minimum absolute atomic E-state index is 0.174. The van der Waals surface area contributed by atoms with Crippen molar-refractivity contribution in [1.29, 1.82) is 0 Å². The van der Waals surface area contributed by atoms with Crippen LogP contribution >= 0.6 is 22.9 Å². The van der Waals surface area contributed by atoms with E-state index in [0.29, 0.717) is 29.5 Å². The van der Waals surface area contributed by atoms with Gasteiger partial charge in [-0.1, -0.05) is 17.7 Å². The minimum Gasteiger partial charge on any atom is -0.337 e. The lowest BCUT2D eigenvalue weighted by Crippen LogP contribution is -2.29. The van der Waals surface area contributed by atoms with E-state index in [9.17, 15) is 13.2 Å². The molecule has 1 amide bonds. The minimum atomic E-state index is -3.53. The van der Waals surface area contributed by atoms with Crippen molar-refractivity contribution >= 4 is 38.9 Å². The van der Waals surface area contributed by atoms with Crippen LogP contribution in [-0.4, -0.2) is 43.7 Å². The standard InChI is InChI=1S/C17H19ClN2O3S2/c1-19(12-14-7-8-16(18)24-14)17(21)13-5-4-6-15(11-13)25(22,23)20-9-2-3-10-20/h4-8,11H,2-3,9-10,12H2,1H3. The largest absolute Gasteiger partial charge is 0.337 e. The van der Waals surface area contributed by atoms with Crippen molar-refractivity contribution in [3.05, 3.63) is 51.2 Å². The summed E-state index contributed by atoms with van der Waals surface area (Å²) in [5, 5.41) is 0. The summed E-state index contributed by atoms with van der Waals surface area (Å²) in [4.78, 5) is 15.4. The van der Waals surface area contributed by atoms with Gasteiger partial charge in [-0.05, 0) is 43.2 Å². The maximum Gasteiger partial charge on any atom is 0.253 e. The fourth-order valence-corrected chi connectivity index (χ4v) is 5.53. The Balaban J connectivity index is 1.79. The first-order valence-electron chi connectivity index (χ1n) is 7.98. The first-order valence-corrected chi connectivity index (χ1v) is 10.6. The molecule has 134 valence electrons. The average molecular weight is 399 g/mol. The quantitative estimate of drug-likeness (QED) is 0.774. The van der Waals surface area contributed by atoms with Gasteiger partial charge in [0.25, 0.3) is 5.91 Å². The van der Waals surface area contributed by atoms with Gasteiger partial charge in [0, 0.05) is 30.6 Å². The van der Waals surface area contributed by atoms with E-state index >= 15 is 0 Å². The predicted molar refractivity (Wildman–Crippen MR) is 99.6 cm³/mol. The Morgan fingerprint density at radius 1 is 1.24 bits per heavy atom. The van der Waals surface area contributed by atoms with E-state index in [-0.39, 0.29) is 10.8 Å². The molecule has 2 aromatic rings. The number of sulfonamides is 1. The number of hydrogen-bond donors (Lipinski definition) is 0. The third-order valence-corrected chi connectivity index (χ3v) is 7.26. The molecule has 25 heavy (non-hydrogen) atoms. The van der Waals surface area contributed by atoms with Crippen molar-refractivity contribution < 1.29 is 13.2 Å². The highest BCUT2D eigenvalue weighted by Gasteiger charge is 2.27. The molecule has 0 radical (unpaired) electrons. The molecule has 8 heteroatoms. The second-order valence-corrected chi connectivity index (χ2v) is 9.74. The number of halogens is 1. The first-order chi connectivity index (χ1) is 11.9. The Bertz CT molecular complexity index is 874. The van der Waals surface area contributed by atoms with Gasteiger partial charge in [0.1, 0.15) is 0 Å². The van der Waals surface area contributed by atoms with Crippen molar-refractivity contribution in [2.75, 3.05) is 20.1 Å². The summed E-state index contributed by atoms with van der Waals surface area (Å²) in [6, 6.07) is 9.95. The number of carbonyl (C=O) groups is 1. The Labute approximate surface area is 156 Å². The van der Waals surface area contributed by atoms with Crippen LogP contribution in [-0.2, 0) is 16.6 Å². The van der Waals surface area contributed by atoms with E-state index in [1.54, 1.807) is 36.2 Å². The van der Waals surface area contributed by atoms with Crippen LogP contribution in [0.1, 0.15) is 28.1 Å². The van der Waals surface area contributed by atoms with Crippen LogP contribution in [0.25, 0.3) is 0 Å². The lowest BCUT2D eigenvalue weighted by Gasteiger charge is -2.18. The monoisotopic (exact) mass is 398 g/mol. The van der Waals surface area contributed by atoms with Gasteiger partial charge in [0.2, 0.25) is 10.0 Å². The number of amides is 1. The van der Waals surface area contributed by atoms with Crippen LogP contribution in [0.15, 0.2) is 41.3 Å². The Hall–Kier alpha value is -1.41.